The molecule has 0 unspecified atom stereocenters. The van der Waals surface area contributed by atoms with Gasteiger partial charge in [0.15, 0.2) is 0 Å². The lowest BCUT2D eigenvalue weighted by atomic mass is 9.70. The molecule has 0 saturated carbocycles. The number of fused-ring (bicyclic) bond motifs is 4. The van der Waals surface area contributed by atoms with Crippen molar-refractivity contribution in [3.05, 3.63) is 143 Å². The quantitative estimate of drug-likeness (QED) is 0.0760. The van der Waals surface area contributed by atoms with Gasteiger partial charge in [0.05, 0.1) is 22.4 Å². The maximum atomic E-state index is 5.57. The summed E-state index contributed by atoms with van der Waals surface area (Å²) in [4.78, 5) is 24.7. The van der Waals surface area contributed by atoms with Crippen LogP contribution in [-0.2, 0) is 5.41 Å². The van der Waals surface area contributed by atoms with Crippen molar-refractivity contribution in [2.45, 2.75) is 123 Å². The van der Waals surface area contributed by atoms with Crippen LogP contribution in [0.15, 0.2) is 122 Å². The summed E-state index contributed by atoms with van der Waals surface area (Å²) in [6.45, 7) is 9.08. The first kappa shape index (κ1) is 43.0. The molecule has 63 heavy (non-hydrogen) atoms. The molecule has 5 heterocycles. The lowest BCUT2D eigenvalue weighted by Crippen LogP contribution is -2.25. The molecular formula is C57H60N4S2. The van der Waals surface area contributed by atoms with Crippen LogP contribution in [0.2, 0.25) is 0 Å². The maximum Gasteiger partial charge on any atom is 0.0988 e. The van der Waals surface area contributed by atoms with Crippen molar-refractivity contribution >= 4 is 33.7 Å². The van der Waals surface area contributed by atoms with Gasteiger partial charge in [-0.25, -0.2) is 9.97 Å². The van der Waals surface area contributed by atoms with E-state index in [1.807, 2.05) is 60.4 Å². The minimum Gasteiger partial charge on any atom is -0.265 e. The van der Waals surface area contributed by atoms with Crippen LogP contribution in [0.4, 0.5) is 0 Å². The Morgan fingerprint density at radius 3 is 1.46 bits per heavy atom. The minimum atomic E-state index is 0.0416. The van der Waals surface area contributed by atoms with Gasteiger partial charge in [-0.05, 0) is 109 Å². The van der Waals surface area contributed by atoms with E-state index in [4.69, 9.17) is 9.97 Å². The predicted molar refractivity (Wildman–Crippen MR) is 270 cm³/mol. The van der Waals surface area contributed by atoms with Crippen LogP contribution in [0.25, 0.3) is 76.0 Å². The van der Waals surface area contributed by atoms with E-state index >= 15 is 0 Å². The number of aromatic nitrogens is 4. The van der Waals surface area contributed by atoms with E-state index in [0.717, 1.165) is 44.7 Å². The minimum absolute atomic E-state index is 0.0416. The summed E-state index contributed by atoms with van der Waals surface area (Å²) in [6.07, 6.45) is 25.6. The van der Waals surface area contributed by atoms with E-state index in [-0.39, 0.29) is 5.41 Å². The second-order valence-corrected chi connectivity index (χ2v) is 20.1. The first-order valence-electron chi connectivity index (χ1n) is 23.6. The van der Waals surface area contributed by atoms with Gasteiger partial charge in [-0.3, -0.25) is 9.97 Å². The number of benzene rings is 3. The third-order valence-corrected chi connectivity index (χ3v) is 15.5. The van der Waals surface area contributed by atoms with Gasteiger partial charge >= 0.3 is 0 Å². The standard InChI is InChI=1S/C57H60N4S2/c1-5-7-9-11-13-15-31-57(32-16-14-12-10-8-6-2)48-37-39(3)17-20-44(48)45-21-19-43(38-49(45)57)50-25-26-52(63-50)47-23-22-46(51-24-18-40(4)62-51)55-56(47)61-54(42-29-35-59-36-30-42)53(60-55)41-27-33-58-34-28-41/h17-30,33-38H,5-16,31-32H2,1-4H3. The third kappa shape index (κ3) is 8.95. The number of unbranched alkanes of at least 4 members (excludes halogenated alkanes) is 10. The lowest BCUT2D eigenvalue weighted by molar-refractivity contribution is 0.398. The van der Waals surface area contributed by atoms with Crippen molar-refractivity contribution in [2.75, 3.05) is 0 Å². The van der Waals surface area contributed by atoms with Gasteiger partial charge in [0.2, 0.25) is 0 Å². The second kappa shape index (κ2) is 19.6. The number of aryl methyl sites for hydroxylation is 2. The van der Waals surface area contributed by atoms with E-state index in [2.05, 4.69) is 110 Å². The molecule has 1 aliphatic rings. The Hall–Kier alpha value is -5.30. The zero-order valence-corrected chi connectivity index (χ0v) is 39.2. The molecule has 0 aliphatic heterocycles. The van der Waals surface area contributed by atoms with E-state index in [9.17, 15) is 0 Å². The number of rotatable bonds is 19. The summed E-state index contributed by atoms with van der Waals surface area (Å²) in [7, 11) is 0. The van der Waals surface area contributed by atoms with Crippen LogP contribution in [0.5, 0.6) is 0 Å². The Bertz CT molecular complexity index is 2790. The molecule has 0 N–H and O–H groups in total. The molecule has 0 spiro atoms. The number of pyridine rings is 2. The Labute approximate surface area is 383 Å². The summed E-state index contributed by atoms with van der Waals surface area (Å²) in [5.74, 6) is 0. The average molecular weight is 865 g/mol. The van der Waals surface area contributed by atoms with E-state index in [1.165, 1.54) is 132 Å². The zero-order chi connectivity index (χ0) is 43.2. The van der Waals surface area contributed by atoms with Crippen LogP contribution in [0, 0.1) is 13.8 Å². The van der Waals surface area contributed by atoms with Crippen molar-refractivity contribution in [1.29, 1.82) is 0 Å². The largest absolute Gasteiger partial charge is 0.265 e. The number of nitrogens with zero attached hydrogens (tertiary/aromatic N) is 4. The Morgan fingerprint density at radius 2 is 0.905 bits per heavy atom. The molecule has 8 aromatic rings. The van der Waals surface area contributed by atoms with Gasteiger partial charge in [0.25, 0.3) is 0 Å². The van der Waals surface area contributed by atoms with Crippen molar-refractivity contribution in [1.82, 2.24) is 19.9 Å². The lowest BCUT2D eigenvalue weighted by Gasteiger charge is -2.33. The highest BCUT2D eigenvalue weighted by molar-refractivity contribution is 7.19. The van der Waals surface area contributed by atoms with Gasteiger partial charge < -0.3 is 0 Å². The third-order valence-electron chi connectivity index (χ3n) is 13.3. The van der Waals surface area contributed by atoms with Gasteiger partial charge in [0, 0.05) is 72.0 Å². The van der Waals surface area contributed by atoms with Crippen molar-refractivity contribution in [2.24, 2.45) is 0 Å². The molecule has 0 amide bonds. The van der Waals surface area contributed by atoms with Crippen molar-refractivity contribution in [3.8, 4) is 65.0 Å². The molecule has 4 nitrogen and oxygen atoms in total. The number of hydrogen-bond donors (Lipinski definition) is 0. The molecule has 1 aliphatic carbocycles. The molecular weight excluding hydrogens is 805 g/mol. The molecule has 6 heteroatoms. The molecule has 0 fully saturated rings. The summed E-state index contributed by atoms with van der Waals surface area (Å²) in [5.41, 5.74) is 16.4. The summed E-state index contributed by atoms with van der Waals surface area (Å²) in [6, 6.07) is 36.4. The highest BCUT2D eigenvalue weighted by Gasteiger charge is 2.42. The Balaban J connectivity index is 1.14. The van der Waals surface area contributed by atoms with Crippen LogP contribution < -0.4 is 0 Å². The highest BCUT2D eigenvalue weighted by atomic mass is 32.1. The fourth-order valence-corrected chi connectivity index (χ4v) is 11.9. The molecule has 3 aromatic carbocycles. The van der Waals surface area contributed by atoms with Gasteiger partial charge in [-0.15, -0.1) is 22.7 Å². The average Bonchev–Trinajstić information content (AvgIpc) is 4.05. The van der Waals surface area contributed by atoms with E-state index in [0.29, 0.717) is 0 Å². The molecule has 9 rings (SSSR count). The Kier molecular flexibility index (Phi) is 13.4. The van der Waals surface area contributed by atoms with Crippen LogP contribution in [-0.4, -0.2) is 19.9 Å². The Morgan fingerprint density at radius 1 is 0.429 bits per heavy atom. The maximum absolute atomic E-state index is 5.57. The normalized spacial score (nSPS) is 12.8. The molecule has 320 valence electrons. The highest BCUT2D eigenvalue weighted by Crippen LogP contribution is 2.56. The molecule has 0 atom stereocenters. The molecule has 5 aromatic heterocycles. The fraction of sp³-hybridized carbons (Fsp3) is 0.333. The summed E-state index contributed by atoms with van der Waals surface area (Å²) >= 11 is 3.67. The van der Waals surface area contributed by atoms with Gasteiger partial charge in [0.1, 0.15) is 0 Å². The fourth-order valence-electron chi connectivity index (χ4n) is 10.0. The molecule has 0 saturated heterocycles. The molecule has 0 radical (unpaired) electrons. The smallest absolute Gasteiger partial charge is 0.0988 e. The van der Waals surface area contributed by atoms with Crippen LogP contribution in [0.1, 0.15) is 125 Å². The monoisotopic (exact) mass is 864 g/mol. The topological polar surface area (TPSA) is 51.6 Å². The van der Waals surface area contributed by atoms with E-state index < -0.39 is 0 Å². The van der Waals surface area contributed by atoms with Crippen molar-refractivity contribution < 1.29 is 0 Å². The van der Waals surface area contributed by atoms with Crippen LogP contribution in [0.3, 0.4) is 0 Å². The van der Waals surface area contributed by atoms with Crippen LogP contribution >= 0.6 is 22.7 Å². The first-order chi connectivity index (χ1) is 31.0. The van der Waals surface area contributed by atoms with Crippen molar-refractivity contribution in [3.63, 3.8) is 0 Å². The van der Waals surface area contributed by atoms with Gasteiger partial charge in [-0.1, -0.05) is 139 Å². The number of thiophene rings is 2. The first-order valence-corrected chi connectivity index (χ1v) is 25.2. The van der Waals surface area contributed by atoms with Gasteiger partial charge in [-0.2, -0.15) is 0 Å². The molecule has 0 bridgehead atoms. The summed E-state index contributed by atoms with van der Waals surface area (Å²) < 4.78 is 0. The summed E-state index contributed by atoms with van der Waals surface area (Å²) in [5, 5.41) is 0. The second-order valence-electron chi connectivity index (χ2n) is 17.8. The number of hydrogen-bond acceptors (Lipinski definition) is 6. The SMILES string of the molecule is CCCCCCCCC1(CCCCCCCC)c2cc(C)ccc2-c2ccc(-c3ccc(-c4ccc(-c5ccc(C)s5)c5nc(-c6ccncc6)c(-c6ccncc6)nc45)s3)cc21. The predicted octanol–water partition coefficient (Wildman–Crippen LogP) is 17.3. The zero-order valence-electron chi connectivity index (χ0n) is 37.6. The van der Waals surface area contributed by atoms with E-state index in [1.54, 1.807) is 22.5 Å².